The van der Waals surface area contributed by atoms with E-state index in [1.807, 2.05) is 39.5 Å². The second-order valence-electron chi connectivity index (χ2n) is 5.63. The standard InChI is InChI=1S/C15H25NO3/c1-10(2)16(11(3)4)14(17)9-12(5)15(18)13-7-6-8-19-13/h6-8,10-12,15,18H,9H2,1-5H3/t12-,15+/m1/s1. The average molecular weight is 267 g/mol. The summed E-state index contributed by atoms with van der Waals surface area (Å²) in [6.07, 6.45) is 1.11. The van der Waals surface area contributed by atoms with E-state index in [4.69, 9.17) is 4.42 Å². The van der Waals surface area contributed by atoms with Crippen LogP contribution in [0.4, 0.5) is 0 Å². The van der Waals surface area contributed by atoms with Crippen LogP contribution in [-0.4, -0.2) is 28.0 Å². The number of amides is 1. The van der Waals surface area contributed by atoms with Gasteiger partial charge in [-0.05, 0) is 45.7 Å². The number of rotatable bonds is 6. The van der Waals surface area contributed by atoms with Gasteiger partial charge in [0.15, 0.2) is 0 Å². The zero-order valence-electron chi connectivity index (χ0n) is 12.5. The van der Waals surface area contributed by atoms with Gasteiger partial charge in [0, 0.05) is 18.5 Å². The summed E-state index contributed by atoms with van der Waals surface area (Å²) < 4.78 is 5.18. The van der Waals surface area contributed by atoms with Crippen LogP contribution in [0.5, 0.6) is 0 Å². The Balaban J connectivity index is 2.65. The van der Waals surface area contributed by atoms with Crippen LogP contribution in [-0.2, 0) is 4.79 Å². The molecule has 4 nitrogen and oxygen atoms in total. The van der Waals surface area contributed by atoms with Gasteiger partial charge >= 0.3 is 0 Å². The zero-order valence-corrected chi connectivity index (χ0v) is 12.5. The molecule has 1 aromatic rings. The van der Waals surface area contributed by atoms with E-state index < -0.39 is 6.10 Å². The second-order valence-corrected chi connectivity index (χ2v) is 5.63. The molecule has 0 saturated heterocycles. The van der Waals surface area contributed by atoms with E-state index in [9.17, 15) is 9.90 Å². The predicted molar refractivity (Wildman–Crippen MR) is 74.6 cm³/mol. The van der Waals surface area contributed by atoms with Crippen molar-refractivity contribution in [3.8, 4) is 0 Å². The van der Waals surface area contributed by atoms with Crippen LogP contribution in [0.2, 0.25) is 0 Å². The number of aliphatic hydroxyl groups excluding tert-OH is 1. The molecule has 0 unspecified atom stereocenters. The maximum Gasteiger partial charge on any atom is 0.223 e. The molecule has 0 aliphatic rings. The first-order chi connectivity index (χ1) is 8.84. The van der Waals surface area contributed by atoms with Gasteiger partial charge in [0.05, 0.1) is 6.26 Å². The van der Waals surface area contributed by atoms with Crippen molar-refractivity contribution < 1.29 is 14.3 Å². The highest BCUT2D eigenvalue weighted by atomic mass is 16.4. The lowest BCUT2D eigenvalue weighted by Gasteiger charge is -2.32. The summed E-state index contributed by atoms with van der Waals surface area (Å²) in [5.74, 6) is 0.419. The third-order valence-corrected chi connectivity index (χ3v) is 3.27. The average Bonchev–Trinajstić information content (AvgIpc) is 2.79. The first kappa shape index (κ1) is 15.8. The smallest absolute Gasteiger partial charge is 0.223 e. The molecule has 0 spiro atoms. The first-order valence-electron chi connectivity index (χ1n) is 6.87. The Hall–Kier alpha value is -1.29. The van der Waals surface area contributed by atoms with Crippen LogP contribution in [0.15, 0.2) is 22.8 Å². The number of hydrogen-bond acceptors (Lipinski definition) is 3. The molecule has 0 fully saturated rings. The Morgan fingerprint density at radius 3 is 2.26 bits per heavy atom. The Labute approximate surface area is 115 Å². The molecule has 2 atom stereocenters. The molecular formula is C15H25NO3. The van der Waals surface area contributed by atoms with Crippen molar-refractivity contribution in [1.82, 2.24) is 4.90 Å². The Morgan fingerprint density at radius 1 is 1.26 bits per heavy atom. The fourth-order valence-corrected chi connectivity index (χ4v) is 2.40. The highest BCUT2D eigenvalue weighted by molar-refractivity contribution is 5.77. The van der Waals surface area contributed by atoms with Crippen LogP contribution < -0.4 is 0 Å². The fraction of sp³-hybridized carbons (Fsp3) is 0.667. The molecule has 1 amide bonds. The predicted octanol–water partition coefficient (Wildman–Crippen LogP) is 2.98. The molecule has 0 aliphatic heterocycles. The molecule has 19 heavy (non-hydrogen) atoms. The second kappa shape index (κ2) is 6.75. The molecule has 108 valence electrons. The van der Waals surface area contributed by atoms with E-state index in [2.05, 4.69) is 0 Å². The van der Waals surface area contributed by atoms with Gasteiger partial charge in [-0.25, -0.2) is 0 Å². The lowest BCUT2D eigenvalue weighted by Crippen LogP contribution is -2.42. The summed E-state index contributed by atoms with van der Waals surface area (Å²) in [6, 6.07) is 3.80. The largest absolute Gasteiger partial charge is 0.467 e. The van der Waals surface area contributed by atoms with Gasteiger partial charge in [0.25, 0.3) is 0 Å². The van der Waals surface area contributed by atoms with Gasteiger partial charge in [-0.1, -0.05) is 6.92 Å². The SMILES string of the molecule is CC(C)N(C(=O)C[C@@H](C)[C@H](O)c1ccco1)C(C)C. The number of carbonyl (C=O) groups excluding carboxylic acids is 1. The normalized spacial score (nSPS) is 14.7. The Morgan fingerprint density at radius 2 is 1.84 bits per heavy atom. The van der Waals surface area contributed by atoms with E-state index in [0.717, 1.165) is 0 Å². The highest BCUT2D eigenvalue weighted by Gasteiger charge is 2.26. The number of hydrogen-bond donors (Lipinski definition) is 1. The topological polar surface area (TPSA) is 53.7 Å². The molecule has 1 heterocycles. The summed E-state index contributed by atoms with van der Waals surface area (Å²) in [4.78, 5) is 14.1. The lowest BCUT2D eigenvalue weighted by atomic mass is 9.97. The van der Waals surface area contributed by atoms with E-state index in [-0.39, 0.29) is 23.9 Å². The minimum atomic E-state index is -0.736. The minimum Gasteiger partial charge on any atom is -0.467 e. The van der Waals surface area contributed by atoms with E-state index in [1.165, 1.54) is 6.26 Å². The number of aliphatic hydroxyl groups is 1. The highest BCUT2D eigenvalue weighted by Crippen LogP contribution is 2.25. The number of furan rings is 1. The van der Waals surface area contributed by atoms with Crippen molar-refractivity contribution in [1.29, 1.82) is 0 Å². The monoisotopic (exact) mass is 267 g/mol. The van der Waals surface area contributed by atoms with Gasteiger partial charge in [-0.15, -0.1) is 0 Å². The molecule has 1 rings (SSSR count). The maximum absolute atomic E-state index is 12.3. The van der Waals surface area contributed by atoms with E-state index in [0.29, 0.717) is 12.2 Å². The van der Waals surface area contributed by atoms with Crippen molar-refractivity contribution in [3.63, 3.8) is 0 Å². The van der Waals surface area contributed by atoms with Crippen LogP contribution in [0, 0.1) is 5.92 Å². The number of carbonyl (C=O) groups is 1. The van der Waals surface area contributed by atoms with Crippen molar-refractivity contribution in [2.45, 2.75) is 59.2 Å². The molecule has 1 N–H and O–H groups in total. The van der Waals surface area contributed by atoms with Crippen molar-refractivity contribution in [3.05, 3.63) is 24.2 Å². The molecule has 0 aromatic carbocycles. The van der Waals surface area contributed by atoms with Gasteiger partial charge < -0.3 is 14.4 Å². The summed E-state index contributed by atoms with van der Waals surface area (Å²) in [5.41, 5.74) is 0. The third-order valence-electron chi connectivity index (χ3n) is 3.27. The molecular weight excluding hydrogens is 242 g/mol. The van der Waals surface area contributed by atoms with Crippen LogP contribution >= 0.6 is 0 Å². The van der Waals surface area contributed by atoms with Gasteiger partial charge in [0.2, 0.25) is 5.91 Å². The fourth-order valence-electron chi connectivity index (χ4n) is 2.40. The minimum absolute atomic E-state index is 0.0723. The third kappa shape index (κ3) is 4.10. The molecule has 0 bridgehead atoms. The van der Waals surface area contributed by atoms with Crippen LogP contribution in [0.3, 0.4) is 0 Å². The lowest BCUT2D eigenvalue weighted by molar-refractivity contribution is -0.136. The Kier molecular flexibility index (Phi) is 5.60. The molecule has 1 aromatic heterocycles. The summed E-state index contributed by atoms with van der Waals surface area (Å²) in [5, 5.41) is 10.1. The van der Waals surface area contributed by atoms with Crippen molar-refractivity contribution in [2.24, 2.45) is 5.92 Å². The number of nitrogens with zero attached hydrogens (tertiary/aromatic N) is 1. The first-order valence-corrected chi connectivity index (χ1v) is 6.87. The quantitative estimate of drug-likeness (QED) is 0.862. The molecule has 0 radical (unpaired) electrons. The maximum atomic E-state index is 12.3. The molecule has 0 aliphatic carbocycles. The molecule has 4 heteroatoms. The zero-order chi connectivity index (χ0) is 14.6. The van der Waals surface area contributed by atoms with Gasteiger partial charge in [-0.3, -0.25) is 4.79 Å². The van der Waals surface area contributed by atoms with E-state index in [1.54, 1.807) is 12.1 Å². The van der Waals surface area contributed by atoms with Crippen LogP contribution in [0.1, 0.15) is 52.9 Å². The summed E-state index contributed by atoms with van der Waals surface area (Å²) in [7, 11) is 0. The molecule has 0 saturated carbocycles. The van der Waals surface area contributed by atoms with Gasteiger partial charge in [0.1, 0.15) is 11.9 Å². The van der Waals surface area contributed by atoms with Crippen LogP contribution in [0.25, 0.3) is 0 Å². The summed E-state index contributed by atoms with van der Waals surface area (Å²) >= 11 is 0. The van der Waals surface area contributed by atoms with Crippen molar-refractivity contribution >= 4 is 5.91 Å². The van der Waals surface area contributed by atoms with Gasteiger partial charge in [-0.2, -0.15) is 0 Å². The van der Waals surface area contributed by atoms with Crippen molar-refractivity contribution in [2.75, 3.05) is 0 Å². The van der Waals surface area contributed by atoms with E-state index >= 15 is 0 Å². The Bertz CT molecular complexity index is 376. The summed E-state index contributed by atoms with van der Waals surface area (Å²) in [6.45, 7) is 9.89.